The van der Waals surface area contributed by atoms with E-state index in [-0.39, 0.29) is 17.6 Å². The van der Waals surface area contributed by atoms with Crippen molar-refractivity contribution in [2.24, 2.45) is 5.41 Å². The molecule has 0 aromatic heterocycles. The highest BCUT2D eigenvalue weighted by atomic mass is 16.5. The second-order valence-electron chi connectivity index (χ2n) is 6.56. The fourth-order valence-corrected chi connectivity index (χ4v) is 2.39. The predicted molar refractivity (Wildman–Crippen MR) is 84.1 cm³/mol. The van der Waals surface area contributed by atoms with Crippen molar-refractivity contribution in [2.75, 3.05) is 13.7 Å². The SMILES string of the molecule is CCC(NCC(O)CC(C)(C)C)c1ccc(OC)cc1. The average Bonchev–Trinajstić information content (AvgIpc) is 2.38. The van der Waals surface area contributed by atoms with E-state index in [2.05, 4.69) is 45.1 Å². The van der Waals surface area contributed by atoms with Gasteiger partial charge in [-0.15, -0.1) is 0 Å². The minimum absolute atomic E-state index is 0.156. The van der Waals surface area contributed by atoms with Crippen LogP contribution in [-0.4, -0.2) is 24.9 Å². The minimum Gasteiger partial charge on any atom is -0.497 e. The fourth-order valence-electron chi connectivity index (χ4n) is 2.39. The molecule has 0 bridgehead atoms. The van der Waals surface area contributed by atoms with Crippen LogP contribution in [0.2, 0.25) is 0 Å². The van der Waals surface area contributed by atoms with Crippen LogP contribution < -0.4 is 10.1 Å². The number of methoxy groups -OCH3 is 1. The molecular weight excluding hydrogens is 250 g/mol. The van der Waals surface area contributed by atoms with Crippen molar-refractivity contribution in [2.45, 2.75) is 52.7 Å². The number of aliphatic hydroxyl groups is 1. The Hall–Kier alpha value is -1.06. The van der Waals surface area contributed by atoms with Crippen molar-refractivity contribution in [3.05, 3.63) is 29.8 Å². The van der Waals surface area contributed by atoms with Gasteiger partial charge in [0.05, 0.1) is 13.2 Å². The molecule has 114 valence electrons. The number of aliphatic hydroxyl groups excluding tert-OH is 1. The van der Waals surface area contributed by atoms with Crippen molar-refractivity contribution in [1.82, 2.24) is 5.32 Å². The maximum absolute atomic E-state index is 10.1. The summed E-state index contributed by atoms with van der Waals surface area (Å²) in [5, 5.41) is 13.5. The summed E-state index contributed by atoms with van der Waals surface area (Å²) in [6.45, 7) is 9.23. The van der Waals surface area contributed by atoms with Crippen molar-refractivity contribution >= 4 is 0 Å². The number of hydrogen-bond acceptors (Lipinski definition) is 3. The van der Waals surface area contributed by atoms with Crippen LogP contribution in [0, 0.1) is 5.41 Å². The Morgan fingerprint density at radius 3 is 2.25 bits per heavy atom. The lowest BCUT2D eigenvalue weighted by atomic mass is 9.89. The highest BCUT2D eigenvalue weighted by molar-refractivity contribution is 5.29. The molecule has 0 heterocycles. The van der Waals surface area contributed by atoms with E-state index in [1.54, 1.807) is 7.11 Å². The number of ether oxygens (including phenoxy) is 1. The van der Waals surface area contributed by atoms with Crippen molar-refractivity contribution < 1.29 is 9.84 Å². The second kappa shape index (κ2) is 7.65. The van der Waals surface area contributed by atoms with E-state index >= 15 is 0 Å². The summed E-state index contributed by atoms with van der Waals surface area (Å²) in [7, 11) is 1.67. The number of benzene rings is 1. The zero-order valence-electron chi connectivity index (χ0n) is 13.4. The summed E-state index contributed by atoms with van der Waals surface area (Å²) in [4.78, 5) is 0. The first-order valence-electron chi connectivity index (χ1n) is 7.41. The molecule has 1 aromatic rings. The number of nitrogens with one attached hydrogen (secondary N) is 1. The molecule has 2 atom stereocenters. The molecule has 0 aliphatic rings. The molecule has 2 unspecified atom stereocenters. The van der Waals surface area contributed by atoms with Gasteiger partial charge < -0.3 is 15.2 Å². The van der Waals surface area contributed by atoms with Crippen LogP contribution in [0.25, 0.3) is 0 Å². The van der Waals surface area contributed by atoms with Crippen LogP contribution in [0.5, 0.6) is 5.75 Å². The van der Waals surface area contributed by atoms with Gasteiger partial charge in [-0.1, -0.05) is 39.8 Å². The standard InChI is InChI=1S/C17H29NO2/c1-6-16(13-7-9-15(20-5)10-8-13)18-12-14(19)11-17(2,3)4/h7-10,14,16,18-19H,6,11-12H2,1-5H3. The van der Waals surface area contributed by atoms with Crippen LogP contribution >= 0.6 is 0 Å². The molecular formula is C17H29NO2. The Balaban J connectivity index is 2.54. The van der Waals surface area contributed by atoms with Gasteiger partial charge in [-0.05, 0) is 36.0 Å². The summed E-state index contributed by atoms with van der Waals surface area (Å²) in [6.07, 6.45) is 1.50. The van der Waals surface area contributed by atoms with Crippen LogP contribution in [-0.2, 0) is 0 Å². The van der Waals surface area contributed by atoms with E-state index in [1.165, 1.54) is 5.56 Å². The molecule has 1 aromatic carbocycles. The molecule has 3 nitrogen and oxygen atoms in total. The predicted octanol–water partition coefficient (Wildman–Crippen LogP) is 3.53. The smallest absolute Gasteiger partial charge is 0.118 e. The van der Waals surface area contributed by atoms with Crippen molar-refractivity contribution in [1.29, 1.82) is 0 Å². The molecule has 0 radical (unpaired) electrons. The summed E-state index contributed by atoms with van der Waals surface area (Å²) in [5.41, 5.74) is 1.39. The van der Waals surface area contributed by atoms with Crippen LogP contribution in [0.1, 0.15) is 52.1 Å². The maximum atomic E-state index is 10.1. The van der Waals surface area contributed by atoms with E-state index in [4.69, 9.17) is 4.74 Å². The molecule has 0 aliphatic carbocycles. The summed E-state index contributed by atoms with van der Waals surface area (Å²) in [6, 6.07) is 8.39. The Morgan fingerprint density at radius 1 is 1.20 bits per heavy atom. The first kappa shape index (κ1) is 17.0. The lowest BCUT2D eigenvalue weighted by molar-refractivity contribution is 0.116. The third kappa shape index (κ3) is 5.93. The summed E-state index contributed by atoms with van der Waals surface area (Å²) in [5.74, 6) is 0.872. The van der Waals surface area contributed by atoms with Gasteiger partial charge in [-0.25, -0.2) is 0 Å². The zero-order valence-corrected chi connectivity index (χ0v) is 13.4. The molecule has 0 spiro atoms. The van der Waals surface area contributed by atoms with E-state index in [1.807, 2.05) is 12.1 Å². The minimum atomic E-state index is -0.303. The Kier molecular flexibility index (Phi) is 6.50. The molecule has 0 aliphatic heterocycles. The van der Waals surface area contributed by atoms with E-state index < -0.39 is 0 Å². The summed E-state index contributed by atoms with van der Waals surface area (Å²) >= 11 is 0. The van der Waals surface area contributed by atoms with Gasteiger partial charge in [0, 0.05) is 12.6 Å². The molecule has 0 amide bonds. The van der Waals surface area contributed by atoms with E-state index in [0.29, 0.717) is 6.54 Å². The van der Waals surface area contributed by atoms with Gasteiger partial charge >= 0.3 is 0 Å². The third-order valence-corrected chi connectivity index (χ3v) is 3.37. The first-order chi connectivity index (χ1) is 9.35. The van der Waals surface area contributed by atoms with Gasteiger partial charge in [0.15, 0.2) is 0 Å². The first-order valence-corrected chi connectivity index (χ1v) is 7.41. The highest BCUT2D eigenvalue weighted by Gasteiger charge is 2.18. The third-order valence-electron chi connectivity index (χ3n) is 3.37. The second-order valence-corrected chi connectivity index (χ2v) is 6.56. The topological polar surface area (TPSA) is 41.5 Å². The Bertz CT molecular complexity index is 381. The van der Waals surface area contributed by atoms with Crippen molar-refractivity contribution in [3.8, 4) is 5.75 Å². The molecule has 1 rings (SSSR count). The molecule has 20 heavy (non-hydrogen) atoms. The monoisotopic (exact) mass is 279 g/mol. The van der Waals surface area contributed by atoms with Gasteiger partial charge in [0.1, 0.15) is 5.75 Å². The molecule has 0 fully saturated rings. The lowest BCUT2D eigenvalue weighted by Crippen LogP contribution is -2.32. The molecule has 3 heteroatoms. The Labute approximate surface area is 123 Å². The van der Waals surface area contributed by atoms with Crippen LogP contribution in [0.4, 0.5) is 0 Å². The number of rotatable bonds is 7. The van der Waals surface area contributed by atoms with Crippen LogP contribution in [0.3, 0.4) is 0 Å². The molecule has 2 N–H and O–H groups in total. The van der Waals surface area contributed by atoms with Gasteiger partial charge in [-0.3, -0.25) is 0 Å². The highest BCUT2D eigenvalue weighted by Crippen LogP contribution is 2.22. The fraction of sp³-hybridized carbons (Fsp3) is 0.647. The van der Waals surface area contributed by atoms with Crippen molar-refractivity contribution in [3.63, 3.8) is 0 Å². The zero-order chi connectivity index (χ0) is 15.2. The Morgan fingerprint density at radius 2 is 1.80 bits per heavy atom. The lowest BCUT2D eigenvalue weighted by Gasteiger charge is -2.25. The van der Waals surface area contributed by atoms with E-state index in [9.17, 15) is 5.11 Å². The van der Waals surface area contributed by atoms with Gasteiger partial charge in [-0.2, -0.15) is 0 Å². The summed E-state index contributed by atoms with van der Waals surface area (Å²) < 4.78 is 5.18. The average molecular weight is 279 g/mol. The van der Waals surface area contributed by atoms with E-state index in [0.717, 1.165) is 18.6 Å². The maximum Gasteiger partial charge on any atom is 0.118 e. The molecule has 0 saturated heterocycles. The normalized spacial score (nSPS) is 14.9. The van der Waals surface area contributed by atoms with Gasteiger partial charge in [0.25, 0.3) is 0 Å². The molecule has 0 saturated carbocycles. The number of hydrogen-bond donors (Lipinski definition) is 2. The quantitative estimate of drug-likeness (QED) is 0.802. The van der Waals surface area contributed by atoms with Crippen LogP contribution in [0.15, 0.2) is 24.3 Å². The largest absolute Gasteiger partial charge is 0.497 e. The van der Waals surface area contributed by atoms with Gasteiger partial charge in [0.2, 0.25) is 0 Å².